The second-order valence-corrected chi connectivity index (χ2v) is 4.95. The number of aryl methyl sites for hydroxylation is 1. The molecule has 3 N–H and O–H groups in total. The van der Waals surface area contributed by atoms with Crippen LogP contribution in [-0.4, -0.2) is 15.3 Å². The number of nitrogens with zero attached hydrogens (tertiary/aromatic N) is 2. The van der Waals surface area contributed by atoms with E-state index in [1.165, 1.54) is 0 Å². The molecule has 0 fully saturated rings. The monoisotopic (exact) mass is 280 g/mol. The summed E-state index contributed by atoms with van der Waals surface area (Å²) in [5.41, 5.74) is 9.61. The SMILES string of the molecule is Cc1ccc(C(N)=O)cc1NCc1cn2ccccc2n1. The molecule has 0 atom stereocenters. The molecule has 0 radical (unpaired) electrons. The fourth-order valence-corrected chi connectivity index (χ4v) is 2.22. The molecule has 2 heterocycles. The molecule has 0 aliphatic heterocycles. The standard InChI is InChI=1S/C16H16N4O/c1-11-5-6-12(16(17)21)8-14(11)18-9-13-10-20-7-3-2-4-15(20)19-13/h2-8,10,18H,9H2,1H3,(H2,17,21). The third-order valence-electron chi connectivity index (χ3n) is 3.40. The van der Waals surface area contributed by atoms with Gasteiger partial charge in [-0.3, -0.25) is 4.79 Å². The van der Waals surface area contributed by atoms with E-state index < -0.39 is 5.91 Å². The zero-order chi connectivity index (χ0) is 14.8. The maximum Gasteiger partial charge on any atom is 0.248 e. The molecule has 0 bridgehead atoms. The van der Waals surface area contributed by atoms with Crippen molar-refractivity contribution in [2.45, 2.75) is 13.5 Å². The molecule has 5 nitrogen and oxygen atoms in total. The molecule has 21 heavy (non-hydrogen) atoms. The van der Waals surface area contributed by atoms with E-state index >= 15 is 0 Å². The Kier molecular flexibility index (Phi) is 3.31. The Labute approximate surface area is 122 Å². The first-order valence-corrected chi connectivity index (χ1v) is 6.70. The molecule has 0 aliphatic rings. The van der Waals surface area contributed by atoms with Gasteiger partial charge in [0.15, 0.2) is 0 Å². The van der Waals surface area contributed by atoms with E-state index in [0.717, 1.165) is 22.6 Å². The number of hydrogen-bond acceptors (Lipinski definition) is 3. The summed E-state index contributed by atoms with van der Waals surface area (Å²) in [6, 6.07) is 11.3. The van der Waals surface area contributed by atoms with Crippen LogP contribution in [0.5, 0.6) is 0 Å². The third-order valence-corrected chi connectivity index (χ3v) is 3.40. The molecule has 2 aromatic heterocycles. The highest BCUT2D eigenvalue weighted by Gasteiger charge is 2.06. The van der Waals surface area contributed by atoms with Gasteiger partial charge >= 0.3 is 0 Å². The van der Waals surface area contributed by atoms with Gasteiger partial charge in [-0.1, -0.05) is 12.1 Å². The van der Waals surface area contributed by atoms with Crippen molar-refractivity contribution in [2.24, 2.45) is 5.73 Å². The largest absolute Gasteiger partial charge is 0.379 e. The van der Waals surface area contributed by atoms with E-state index in [2.05, 4.69) is 10.3 Å². The Morgan fingerprint density at radius 3 is 2.95 bits per heavy atom. The fraction of sp³-hybridized carbons (Fsp3) is 0.125. The highest BCUT2D eigenvalue weighted by Crippen LogP contribution is 2.17. The first kappa shape index (κ1) is 13.2. The van der Waals surface area contributed by atoms with Crippen molar-refractivity contribution in [3.05, 3.63) is 65.6 Å². The molecule has 106 valence electrons. The Bertz CT molecular complexity index is 774. The quantitative estimate of drug-likeness (QED) is 0.770. The number of aromatic nitrogens is 2. The molecular weight excluding hydrogens is 264 g/mol. The highest BCUT2D eigenvalue weighted by atomic mass is 16.1. The topological polar surface area (TPSA) is 72.4 Å². The molecule has 0 saturated carbocycles. The van der Waals surface area contributed by atoms with Gasteiger partial charge in [-0.2, -0.15) is 0 Å². The molecule has 0 aliphatic carbocycles. The summed E-state index contributed by atoms with van der Waals surface area (Å²) in [4.78, 5) is 15.8. The zero-order valence-corrected chi connectivity index (χ0v) is 11.7. The summed E-state index contributed by atoms with van der Waals surface area (Å²) in [7, 11) is 0. The second kappa shape index (κ2) is 5.28. The summed E-state index contributed by atoms with van der Waals surface area (Å²) < 4.78 is 1.98. The summed E-state index contributed by atoms with van der Waals surface area (Å²) in [6.07, 6.45) is 3.94. The highest BCUT2D eigenvalue weighted by molar-refractivity contribution is 5.94. The number of carbonyl (C=O) groups is 1. The molecule has 3 aromatic rings. The average Bonchev–Trinajstić information content (AvgIpc) is 2.89. The molecule has 0 spiro atoms. The van der Waals surface area contributed by atoms with Gasteiger partial charge in [-0.25, -0.2) is 4.98 Å². The molecule has 5 heteroatoms. The van der Waals surface area contributed by atoms with Crippen LogP contribution in [0.15, 0.2) is 48.8 Å². The van der Waals surface area contributed by atoms with E-state index in [0.29, 0.717) is 12.1 Å². The minimum absolute atomic E-state index is 0.425. The van der Waals surface area contributed by atoms with E-state index in [1.807, 2.05) is 48.0 Å². The van der Waals surface area contributed by atoms with Crippen LogP contribution in [0.3, 0.4) is 0 Å². The van der Waals surface area contributed by atoms with Crippen LogP contribution in [-0.2, 0) is 6.54 Å². The van der Waals surface area contributed by atoms with Crippen LogP contribution in [0.2, 0.25) is 0 Å². The number of nitrogens with two attached hydrogens (primary N) is 1. The number of primary amides is 1. The van der Waals surface area contributed by atoms with Gasteiger partial charge in [-0.05, 0) is 36.8 Å². The zero-order valence-electron chi connectivity index (χ0n) is 11.7. The first-order chi connectivity index (χ1) is 10.1. The summed E-state index contributed by atoms with van der Waals surface area (Å²) in [5.74, 6) is -0.425. The maximum atomic E-state index is 11.2. The number of pyridine rings is 1. The van der Waals surface area contributed by atoms with Crippen molar-refractivity contribution in [1.82, 2.24) is 9.38 Å². The van der Waals surface area contributed by atoms with E-state index in [1.54, 1.807) is 12.1 Å². The van der Waals surface area contributed by atoms with Gasteiger partial charge in [0.2, 0.25) is 5.91 Å². The summed E-state index contributed by atoms with van der Waals surface area (Å²) in [6.45, 7) is 2.57. The molecular formula is C16H16N4O. The third kappa shape index (κ3) is 2.72. The molecule has 1 aromatic carbocycles. The van der Waals surface area contributed by atoms with Crippen molar-refractivity contribution in [1.29, 1.82) is 0 Å². The Hall–Kier alpha value is -2.82. The van der Waals surface area contributed by atoms with Crippen LogP contribution in [0.4, 0.5) is 5.69 Å². The molecule has 1 amide bonds. The predicted molar refractivity (Wildman–Crippen MR) is 82.2 cm³/mol. The number of rotatable bonds is 4. The summed E-state index contributed by atoms with van der Waals surface area (Å²) in [5, 5.41) is 3.30. The first-order valence-electron chi connectivity index (χ1n) is 6.70. The number of amides is 1. The molecule has 3 rings (SSSR count). The number of carbonyl (C=O) groups excluding carboxylic acids is 1. The van der Waals surface area contributed by atoms with Crippen LogP contribution in [0, 0.1) is 6.92 Å². The van der Waals surface area contributed by atoms with Crippen LogP contribution in [0.1, 0.15) is 21.6 Å². The molecule has 0 saturated heterocycles. The number of nitrogens with one attached hydrogen (secondary N) is 1. The number of fused-ring (bicyclic) bond motifs is 1. The van der Waals surface area contributed by atoms with Gasteiger partial charge < -0.3 is 15.5 Å². The van der Waals surface area contributed by atoms with Crippen LogP contribution >= 0.6 is 0 Å². The van der Waals surface area contributed by atoms with E-state index in [9.17, 15) is 4.79 Å². The lowest BCUT2D eigenvalue weighted by Gasteiger charge is -2.09. The minimum Gasteiger partial charge on any atom is -0.379 e. The van der Waals surface area contributed by atoms with Crippen molar-refractivity contribution in [2.75, 3.05) is 5.32 Å². The average molecular weight is 280 g/mol. The van der Waals surface area contributed by atoms with Gasteiger partial charge in [0.1, 0.15) is 5.65 Å². The van der Waals surface area contributed by atoms with Crippen molar-refractivity contribution in [3.63, 3.8) is 0 Å². The normalized spacial score (nSPS) is 10.7. The van der Waals surface area contributed by atoms with Gasteiger partial charge in [0, 0.05) is 23.6 Å². The van der Waals surface area contributed by atoms with Crippen molar-refractivity contribution >= 4 is 17.2 Å². The Morgan fingerprint density at radius 1 is 1.33 bits per heavy atom. The number of benzene rings is 1. The van der Waals surface area contributed by atoms with Gasteiger partial charge in [0.25, 0.3) is 0 Å². The lowest BCUT2D eigenvalue weighted by molar-refractivity contribution is 0.100. The lowest BCUT2D eigenvalue weighted by Crippen LogP contribution is -2.12. The Balaban J connectivity index is 1.80. The maximum absolute atomic E-state index is 11.2. The van der Waals surface area contributed by atoms with Gasteiger partial charge in [0.05, 0.1) is 12.2 Å². The van der Waals surface area contributed by atoms with Crippen LogP contribution < -0.4 is 11.1 Å². The van der Waals surface area contributed by atoms with E-state index in [4.69, 9.17) is 5.73 Å². The van der Waals surface area contributed by atoms with Crippen LogP contribution in [0.25, 0.3) is 5.65 Å². The smallest absolute Gasteiger partial charge is 0.248 e. The van der Waals surface area contributed by atoms with Crippen molar-refractivity contribution in [3.8, 4) is 0 Å². The number of hydrogen-bond donors (Lipinski definition) is 2. The summed E-state index contributed by atoms with van der Waals surface area (Å²) >= 11 is 0. The lowest BCUT2D eigenvalue weighted by atomic mass is 10.1. The molecule has 0 unspecified atom stereocenters. The fourth-order valence-electron chi connectivity index (χ4n) is 2.22. The van der Waals surface area contributed by atoms with Crippen molar-refractivity contribution < 1.29 is 4.79 Å². The Morgan fingerprint density at radius 2 is 2.19 bits per heavy atom. The van der Waals surface area contributed by atoms with Gasteiger partial charge in [-0.15, -0.1) is 0 Å². The predicted octanol–water partition coefficient (Wildman–Crippen LogP) is 2.35. The second-order valence-electron chi connectivity index (χ2n) is 4.95. The number of anilines is 1. The number of imidazole rings is 1. The minimum atomic E-state index is -0.425. The van der Waals surface area contributed by atoms with E-state index in [-0.39, 0.29) is 0 Å².